The molecule has 0 bridgehead atoms. The maximum atomic E-state index is 12.3. The molecule has 0 spiro atoms. The highest BCUT2D eigenvalue weighted by molar-refractivity contribution is 6.30. The fraction of sp³-hybridized carbons (Fsp3) is 0.280. The van der Waals surface area contributed by atoms with Gasteiger partial charge >= 0.3 is 0 Å². The standard InChI is InChI=1S/C25H23Cl2NO3/c26-12-13-30-19-10-11-20-22(14-19)31-25(17-6-8-18(27)9-7-17)21(15-23(28)24(20,25)29)16-4-2-1-3-5-16/h1-11,14,21,23,29H,12-13,15,28H2. The van der Waals surface area contributed by atoms with Crippen LogP contribution < -0.4 is 15.2 Å². The summed E-state index contributed by atoms with van der Waals surface area (Å²) in [7, 11) is 0. The molecule has 160 valence electrons. The molecule has 1 heterocycles. The van der Waals surface area contributed by atoms with Crippen LogP contribution in [0.4, 0.5) is 0 Å². The summed E-state index contributed by atoms with van der Waals surface area (Å²) in [4.78, 5) is 0. The number of nitrogens with two attached hydrogens (primary N) is 1. The van der Waals surface area contributed by atoms with Crippen LogP contribution in [0, 0.1) is 0 Å². The molecule has 5 rings (SSSR count). The van der Waals surface area contributed by atoms with Crippen molar-refractivity contribution < 1.29 is 14.6 Å². The van der Waals surface area contributed by atoms with Crippen molar-refractivity contribution in [3.8, 4) is 11.5 Å². The summed E-state index contributed by atoms with van der Waals surface area (Å²) in [5, 5.41) is 12.9. The van der Waals surface area contributed by atoms with Gasteiger partial charge in [-0.15, -0.1) is 11.6 Å². The minimum atomic E-state index is -1.41. The minimum Gasteiger partial charge on any atom is -0.492 e. The monoisotopic (exact) mass is 455 g/mol. The zero-order valence-electron chi connectivity index (χ0n) is 16.8. The van der Waals surface area contributed by atoms with E-state index < -0.39 is 17.2 Å². The molecule has 4 atom stereocenters. The van der Waals surface area contributed by atoms with Crippen molar-refractivity contribution >= 4 is 23.2 Å². The Labute approximate surface area is 191 Å². The van der Waals surface area contributed by atoms with Gasteiger partial charge < -0.3 is 20.3 Å². The topological polar surface area (TPSA) is 64.7 Å². The highest BCUT2D eigenvalue weighted by Crippen LogP contribution is 2.66. The maximum Gasteiger partial charge on any atom is 0.175 e. The normalized spacial score (nSPS) is 28.6. The second-order valence-electron chi connectivity index (χ2n) is 8.11. The molecule has 0 amide bonds. The third kappa shape index (κ3) is 2.97. The predicted molar refractivity (Wildman–Crippen MR) is 122 cm³/mol. The van der Waals surface area contributed by atoms with Crippen LogP contribution in [-0.4, -0.2) is 23.6 Å². The average Bonchev–Trinajstić information content (AvgIpc) is 3.18. The van der Waals surface area contributed by atoms with Gasteiger partial charge in [-0.3, -0.25) is 0 Å². The Morgan fingerprint density at radius 2 is 1.81 bits per heavy atom. The first kappa shape index (κ1) is 20.7. The third-order valence-electron chi connectivity index (χ3n) is 6.54. The molecule has 6 heteroatoms. The van der Waals surface area contributed by atoms with E-state index in [2.05, 4.69) is 12.1 Å². The summed E-state index contributed by atoms with van der Waals surface area (Å²) >= 11 is 11.9. The fourth-order valence-electron chi connectivity index (χ4n) is 5.24. The molecule has 3 aromatic carbocycles. The molecule has 1 fully saturated rings. The quantitative estimate of drug-likeness (QED) is 0.534. The van der Waals surface area contributed by atoms with E-state index in [1.807, 2.05) is 60.7 Å². The molecule has 3 aromatic rings. The Balaban J connectivity index is 1.71. The number of halogens is 2. The van der Waals surface area contributed by atoms with E-state index in [0.717, 1.165) is 11.1 Å². The maximum absolute atomic E-state index is 12.3. The van der Waals surface area contributed by atoms with Crippen LogP contribution in [0.3, 0.4) is 0 Å². The average molecular weight is 456 g/mol. The molecule has 0 saturated heterocycles. The lowest BCUT2D eigenvalue weighted by Gasteiger charge is -2.41. The number of benzene rings is 3. The number of aliphatic hydroxyl groups is 1. The first-order valence-electron chi connectivity index (χ1n) is 10.3. The van der Waals surface area contributed by atoms with Gasteiger partial charge in [0, 0.05) is 28.6 Å². The highest BCUT2D eigenvalue weighted by Gasteiger charge is 2.71. The van der Waals surface area contributed by atoms with E-state index >= 15 is 0 Å². The van der Waals surface area contributed by atoms with Crippen molar-refractivity contribution in [2.45, 2.75) is 29.6 Å². The van der Waals surface area contributed by atoms with Crippen LogP contribution in [0.1, 0.15) is 29.0 Å². The van der Waals surface area contributed by atoms with Gasteiger partial charge in [0.15, 0.2) is 11.2 Å². The van der Waals surface area contributed by atoms with E-state index in [1.165, 1.54) is 0 Å². The summed E-state index contributed by atoms with van der Waals surface area (Å²) in [5.41, 5.74) is 6.73. The third-order valence-corrected chi connectivity index (χ3v) is 6.95. The molecule has 31 heavy (non-hydrogen) atoms. The van der Waals surface area contributed by atoms with Crippen LogP contribution in [0.2, 0.25) is 5.02 Å². The molecule has 4 unspecified atom stereocenters. The Hall–Kier alpha value is -2.24. The zero-order chi connectivity index (χ0) is 21.6. The first-order chi connectivity index (χ1) is 15.0. The number of hydrogen-bond acceptors (Lipinski definition) is 4. The van der Waals surface area contributed by atoms with E-state index in [0.29, 0.717) is 41.0 Å². The van der Waals surface area contributed by atoms with Crippen molar-refractivity contribution in [1.82, 2.24) is 0 Å². The Morgan fingerprint density at radius 3 is 2.52 bits per heavy atom. The van der Waals surface area contributed by atoms with E-state index in [9.17, 15) is 5.11 Å². The van der Waals surface area contributed by atoms with Crippen LogP contribution >= 0.6 is 23.2 Å². The minimum absolute atomic E-state index is 0.158. The number of alkyl halides is 1. The molecule has 1 aliphatic carbocycles. The van der Waals surface area contributed by atoms with Crippen molar-refractivity contribution in [3.63, 3.8) is 0 Å². The Morgan fingerprint density at radius 1 is 1.06 bits per heavy atom. The molecule has 3 N–H and O–H groups in total. The van der Waals surface area contributed by atoms with Crippen molar-refractivity contribution in [1.29, 1.82) is 0 Å². The molecule has 4 nitrogen and oxygen atoms in total. The van der Waals surface area contributed by atoms with Crippen molar-refractivity contribution in [2.75, 3.05) is 12.5 Å². The van der Waals surface area contributed by atoms with Crippen molar-refractivity contribution in [3.05, 3.63) is 94.5 Å². The van der Waals surface area contributed by atoms with Crippen LogP contribution in [0.15, 0.2) is 72.8 Å². The summed E-state index contributed by atoms with van der Waals surface area (Å²) in [6.45, 7) is 0.388. The lowest BCUT2D eigenvalue weighted by molar-refractivity contribution is -0.112. The van der Waals surface area contributed by atoms with E-state index in [-0.39, 0.29) is 5.92 Å². The zero-order valence-corrected chi connectivity index (χ0v) is 18.3. The van der Waals surface area contributed by atoms with Gasteiger partial charge in [0.25, 0.3) is 0 Å². The molecule has 1 aliphatic heterocycles. The summed E-state index contributed by atoms with van der Waals surface area (Å²) < 4.78 is 12.4. The summed E-state index contributed by atoms with van der Waals surface area (Å²) in [6, 6.07) is 22.5. The smallest absolute Gasteiger partial charge is 0.175 e. The first-order valence-corrected chi connectivity index (χ1v) is 11.2. The van der Waals surface area contributed by atoms with Gasteiger partial charge in [0.05, 0.1) is 5.88 Å². The molecule has 1 saturated carbocycles. The second-order valence-corrected chi connectivity index (χ2v) is 8.93. The van der Waals surface area contributed by atoms with Gasteiger partial charge in [-0.25, -0.2) is 0 Å². The van der Waals surface area contributed by atoms with Gasteiger partial charge in [0.1, 0.15) is 18.1 Å². The summed E-state index contributed by atoms with van der Waals surface area (Å²) in [5.74, 6) is 1.44. The van der Waals surface area contributed by atoms with Crippen LogP contribution in [-0.2, 0) is 11.2 Å². The van der Waals surface area contributed by atoms with Gasteiger partial charge in [-0.05, 0) is 41.8 Å². The van der Waals surface area contributed by atoms with Crippen LogP contribution in [0.5, 0.6) is 11.5 Å². The second kappa shape index (κ2) is 7.72. The Bertz CT molecular complexity index is 1090. The van der Waals surface area contributed by atoms with E-state index in [1.54, 1.807) is 0 Å². The van der Waals surface area contributed by atoms with Gasteiger partial charge in [0.2, 0.25) is 0 Å². The lowest BCUT2D eigenvalue weighted by Crippen LogP contribution is -2.54. The molecule has 0 aromatic heterocycles. The number of rotatable bonds is 5. The molecule has 0 radical (unpaired) electrons. The van der Waals surface area contributed by atoms with Crippen LogP contribution in [0.25, 0.3) is 0 Å². The van der Waals surface area contributed by atoms with E-state index in [4.69, 9.17) is 38.4 Å². The summed E-state index contributed by atoms with van der Waals surface area (Å²) in [6.07, 6.45) is 0.576. The van der Waals surface area contributed by atoms with Gasteiger partial charge in [-0.2, -0.15) is 0 Å². The van der Waals surface area contributed by atoms with Gasteiger partial charge in [-0.1, -0.05) is 54.1 Å². The number of ether oxygens (including phenoxy) is 2. The molecular weight excluding hydrogens is 433 g/mol. The Kier molecular flexibility index (Phi) is 5.14. The molecular formula is C25H23Cl2NO3. The number of hydrogen-bond donors (Lipinski definition) is 2. The molecule has 2 aliphatic rings. The SMILES string of the molecule is NC1CC(c2ccccc2)C2(c3ccc(Cl)cc3)Oc3cc(OCCCl)ccc3C12O. The van der Waals surface area contributed by atoms with Crippen molar-refractivity contribution in [2.24, 2.45) is 5.73 Å². The predicted octanol–water partition coefficient (Wildman–Crippen LogP) is 4.95. The fourth-order valence-corrected chi connectivity index (χ4v) is 5.44. The highest BCUT2D eigenvalue weighted by atomic mass is 35.5. The lowest BCUT2D eigenvalue weighted by atomic mass is 9.71. The largest absolute Gasteiger partial charge is 0.492 e. The number of fused-ring (bicyclic) bond motifs is 3.